The number of rotatable bonds is 4. The Kier molecular flexibility index (Phi) is 4.40. The summed E-state index contributed by atoms with van der Waals surface area (Å²) in [6.07, 6.45) is 0. The number of nitrogens with one attached hydrogen (secondary N) is 1. The van der Waals surface area contributed by atoms with E-state index in [1.54, 1.807) is 0 Å². The van der Waals surface area contributed by atoms with Crippen LogP contribution in [0.25, 0.3) is 0 Å². The first-order valence-corrected chi connectivity index (χ1v) is 5.71. The van der Waals surface area contributed by atoms with Crippen LogP contribution in [0.3, 0.4) is 0 Å². The molecule has 0 spiro atoms. The lowest BCUT2D eigenvalue weighted by Gasteiger charge is -2.22. The molecular formula is C13H18F2N2O. The zero-order chi connectivity index (χ0) is 13.9. The predicted molar refractivity (Wildman–Crippen MR) is 66.3 cm³/mol. The molecule has 0 radical (unpaired) electrons. The number of amides is 1. The third-order valence-electron chi connectivity index (χ3n) is 2.77. The third kappa shape index (κ3) is 3.50. The molecule has 18 heavy (non-hydrogen) atoms. The van der Waals surface area contributed by atoms with E-state index >= 15 is 0 Å². The molecule has 1 rings (SSSR count). The van der Waals surface area contributed by atoms with E-state index in [2.05, 4.69) is 5.32 Å². The Hall–Kier alpha value is -1.49. The highest BCUT2D eigenvalue weighted by molar-refractivity contribution is 5.94. The SMILES string of the molecule is Cc1cc(C(=O)NCC(C)(C)CN)c(F)cc1F. The average Bonchev–Trinajstić information content (AvgIpc) is 2.31. The van der Waals surface area contributed by atoms with Gasteiger partial charge in [0.25, 0.3) is 5.91 Å². The first-order valence-electron chi connectivity index (χ1n) is 5.71. The Labute approximate surface area is 105 Å². The summed E-state index contributed by atoms with van der Waals surface area (Å²) in [7, 11) is 0. The highest BCUT2D eigenvalue weighted by Crippen LogP contribution is 2.15. The molecule has 0 saturated carbocycles. The molecule has 3 nitrogen and oxygen atoms in total. The maximum Gasteiger partial charge on any atom is 0.254 e. The van der Waals surface area contributed by atoms with Crippen LogP contribution in [0.5, 0.6) is 0 Å². The van der Waals surface area contributed by atoms with E-state index in [9.17, 15) is 13.6 Å². The topological polar surface area (TPSA) is 55.1 Å². The minimum absolute atomic E-state index is 0.151. The van der Waals surface area contributed by atoms with Crippen molar-refractivity contribution in [2.45, 2.75) is 20.8 Å². The molecule has 0 saturated heterocycles. The van der Waals surface area contributed by atoms with E-state index in [0.717, 1.165) is 6.07 Å². The van der Waals surface area contributed by atoms with Crippen molar-refractivity contribution in [3.05, 3.63) is 34.9 Å². The van der Waals surface area contributed by atoms with Crippen LogP contribution in [0.1, 0.15) is 29.8 Å². The molecule has 1 aromatic carbocycles. The van der Waals surface area contributed by atoms with E-state index in [1.807, 2.05) is 13.8 Å². The minimum atomic E-state index is -0.860. The summed E-state index contributed by atoms with van der Waals surface area (Å²) in [5, 5.41) is 2.60. The van der Waals surface area contributed by atoms with Crippen LogP contribution in [-0.2, 0) is 0 Å². The Morgan fingerprint density at radius 2 is 1.94 bits per heavy atom. The number of benzene rings is 1. The Balaban J connectivity index is 2.82. The van der Waals surface area contributed by atoms with Crippen molar-refractivity contribution in [2.75, 3.05) is 13.1 Å². The summed E-state index contributed by atoms with van der Waals surface area (Å²) >= 11 is 0. The molecule has 1 amide bonds. The predicted octanol–water partition coefficient (Wildman–Crippen LogP) is 1.99. The van der Waals surface area contributed by atoms with Crippen LogP contribution in [0.2, 0.25) is 0 Å². The molecule has 1 aromatic rings. The molecule has 3 N–H and O–H groups in total. The molecule has 0 aliphatic heterocycles. The van der Waals surface area contributed by atoms with Gasteiger partial charge in [-0.25, -0.2) is 8.78 Å². The van der Waals surface area contributed by atoms with Crippen molar-refractivity contribution in [3.8, 4) is 0 Å². The van der Waals surface area contributed by atoms with Crippen LogP contribution < -0.4 is 11.1 Å². The second kappa shape index (κ2) is 5.44. The number of carbonyl (C=O) groups excluding carboxylic acids is 1. The maximum atomic E-state index is 13.5. The minimum Gasteiger partial charge on any atom is -0.351 e. The zero-order valence-corrected chi connectivity index (χ0v) is 10.8. The van der Waals surface area contributed by atoms with Crippen molar-refractivity contribution >= 4 is 5.91 Å². The van der Waals surface area contributed by atoms with Gasteiger partial charge >= 0.3 is 0 Å². The fraction of sp³-hybridized carbons (Fsp3) is 0.462. The largest absolute Gasteiger partial charge is 0.351 e. The maximum absolute atomic E-state index is 13.5. The summed E-state index contributed by atoms with van der Waals surface area (Å²) in [4.78, 5) is 11.8. The van der Waals surface area contributed by atoms with Gasteiger partial charge in [-0.1, -0.05) is 13.8 Å². The molecule has 0 aliphatic carbocycles. The van der Waals surface area contributed by atoms with Crippen molar-refractivity contribution in [1.82, 2.24) is 5.32 Å². The molecule has 0 heterocycles. The van der Waals surface area contributed by atoms with Crippen LogP contribution in [0, 0.1) is 24.0 Å². The van der Waals surface area contributed by atoms with Gasteiger partial charge in [0.15, 0.2) is 0 Å². The summed E-state index contributed by atoms with van der Waals surface area (Å²) in [6.45, 7) is 5.99. The van der Waals surface area contributed by atoms with Crippen molar-refractivity contribution in [1.29, 1.82) is 0 Å². The van der Waals surface area contributed by atoms with Crippen LogP contribution >= 0.6 is 0 Å². The Morgan fingerprint density at radius 1 is 1.33 bits per heavy atom. The summed E-state index contributed by atoms with van der Waals surface area (Å²) in [6, 6.07) is 1.92. The first kappa shape index (κ1) is 14.6. The molecule has 0 atom stereocenters. The first-order chi connectivity index (χ1) is 8.26. The van der Waals surface area contributed by atoms with Crippen LogP contribution in [0.4, 0.5) is 8.78 Å². The summed E-state index contributed by atoms with van der Waals surface area (Å²) in [5.41, 5.74) is 5.35. The average molecular weight is 256 g/mol. The Bertz CT molecular complexity index is 459. The lowest BCUT2D eigenvalue weighted by molar-refractivity contribution is 0.0933. The highest BCUT2D eigenvalue weighted by atomic mass is 19.1. The monoisotopic (exact) mass is 256 g/mol. The standard InChI is InChI=1S/C13H18F2N2O/c1-8-4-9(11(15)5-10(8)14)12(18)17-7-13(2,3)6-16/h4-5H,6-7,16H2,1-3H3,(H,17,18). The van der Waals surface area contributed by atoms with Gasteiger partial charge in [0.1, 0.15) is 11.6 Å². The van der Waals surface area contributed by atoms with E-state index in [4.69, 9.17) is 5.73 Å². The highest BCUT2D eigenvalue weighted by Gasteiger charge is 2.19. The van der Waals surface area contributed by atoms with Gasteiger partial charge in [-0.05, 0) is 30.5 Å². The van der Waals surface area contributed by atoms with Gasteiger partial charge in [0.05, 0.1) is 5.56 Å². The van der Waals surface area contributed by atoms with E-state index in [0.29, 0.717) is 13.1 Å². The summed E-state index contributed by atoms with van der Waals surface area (Å²) < 4.78 is 26.5. The summed E-state index contributed by atoms with van der Waals surface area (Å²) in [5.74, 6) is -2.08. The fourth-order valence-corrected chi connectivity index (χ4v) is 1.32. The van der Waals surface area contributed by atoms with Crippen molar-refractivity contribution < 1.29 is 13.6 Å². The zero-order valence-electron chi connectivity index (χ0n) is 10.8. The molecule has 0 aromatic heterocycles. The fourth-order valence-electron chi connectivity index (χ4n) is 1.32. The molecule has 0 fully saturated rings. The van der Waals surface area contributed by atoms with Crippen LogP contribution in [0.15, 0.2) is 12.1 Å². The van der Waals surface area contributed by atoms with Gasteiger partial charge in [-0.15, -0.1) is 0 Å². The van der Waals surface area contributed by atoms with E-state index < -0.39 is 17.5 Å². The van der Waals surface area contributed by atoms with Crippen molar-refractivity contribution in [3.63, 3.8) is 0 Å². The quantitative estimate of drug-likeness (QED) is 0.865. The number of hydrogen-bond acceptors (Lipinski definition) is 2. The second-order valence-electron chi connectivity index (χ2n) is 5.13. The van der Waals surface area contributed by atoms with E-state index in [-0.39, 0.29) is 16.5 Å². The molecule has 0 unspecified atom stereocenters. The molecule has 0 bridgehead atoms. The smallest absolute Gasteiger partial charge is 0.254 e. The lowest BCUT2D eigenvalue weighted by Crippen LogP contribution is -2.38. The van der Waals surface area contributed by atoms with Crippen LogP contribution in [-0.4, -0.2) is 19.0 Å². The number of halogens is 2. The normalized spacial score (nSPS) is 11.4. The third-order valence-corrected chi connectivity index (χ3v) is 2.77. The van der Waals surface area contributed by atoms with Gasteiger partial charge in [-0.2, -0.15) is 0 Å². The molecule has 0 aliphatic rings. The molecule has 5 heteroatoms. The Morgan fingerprint density at radius 3 is 2.50 bits per heavy atom. The van der Waals surface area contributed by atoms with Gasteiger partial charge < -0.3 is 11.1 Å². The van der Waals surface area contributed by atoms with Gasteiger partial charge in [-0.3, -0.25) is 4.79 Å². The number of carbonyl (C=O) groups is 1. The number of nitrogens with two attached hydrogens (primary N) is 1. The van der Waals surface area contributed by atoms with Gasteiger partial charge in [0, 0.05) is 12.6 Å². The van der Waals surface area contributed by atoms with Gasteiger partial charge in [0.2, 0.25) is 0 Å². The van der Waals surface area contributed by atoms with Crippen molar-refractivity contribution in [2.24, 2.45) is 11.1 Å². The molecule has 100 valence electrons. The number of hydrogen-bond donors (Lipinski definition) is 2. The number of aryl methyl sites for hydroxylation is 1. The second-order valence-corrected chi connectivity index (χ2v) is 5.13. The molecular weight excluding hydrogens is 238 g/mol. The lowest BCUT2D eigenvalue weighted by atomic mass is 9.94. The van der Waals surface area contributed by atoms with E-state index in [1.165, 1.54) is 13.0 Å².